The highest BCUT2D eigenvalue weighted by molar-refractivity contribution is 7.05. The van der Waals surface area contributed by atoms with E-state index in [-0.39, 0.29) is 43.4 Å². The molecule has 4 amide bonds. The number of fused-ring (bicyclic) bond motifs is 6. The molecule has 2 N–H and O–H groups in total. The molecule has 18 nitrogen and oxygen atoms in total. The number of esters is 1. The molecule has 6 bridgehead atoms. The van der Waals surface area contributed by atoms with E-state index in [0.29, 0.717) is 75.9 Å². The topological polar surface area (TPSA) is 194 Å². The Bertz CT molecular complexity index is 2680. The van der Waals surface area contributed by atoms with Gasteiger partial charge in [-0.2, -0.15) is 4.37 Å². The summed E-state index contributed by atoms with van der Waals surface area (Å²) >= 11 is 1.15. The molecule has 4 aliphatic heterocycles. The first-order valence-electron chi connectivity index (χ1n) is 24.9. The Balaban J connectivity index is 1.08. The van der Waals surface area contributed by atoms with Gasteiger partial charge < -0.3 is 33.9 Å². The molecular weight excluding hydrogens is 925 g/mol. The molecule has 0 saturated carbocycles. The summed E-state index contributed by atoms with van der Waals surface area (Å²) in [5.74, 6) is 3.30. The van der Waals surface area contributed by atoms with Crippen LogP contribution in [0.25, 0.3) is 33.5 Å². The number of methoxy groups -OCH3 is 1. The number of benzene rings is 1. The number of ether oxygens (including phenoxy) is 3. The molecule has 380 valence electrons. The van der Waals surface area contributed by atoms with E-state index in [0.717, 1.165) is 63.6 Å². The highest BCUT2D eigenvalue weighted by Crippen LogP contribution is 2.42. The van der Waals surface area contributed by atoms with Crippen molar-refractivity contribution in [3.8, 4) is 34.5 Å². The number of carbonyl (C=O) groups is 5. The second-order valence-corrected chi connectivity index (χ2v) is 21.1. The van der Waals surface area contributed by atoms with Crippen molar-refractivity contribution >= 4 is 52.0 Å². The molecule has 5 atom stereocenters. The Kier molecular flexibility index (Phi) is 16.2. The van der Waals surface area contributed by atoms with E-state index >= 15 is 0 Å². The van der Waals surface area contributed by atoms with Gasteiger partial charge >= 0.3 is 5.97 Å². The number of hydrogen-bond donors (Lipinski definition) is 2. The SMILES string of the molecule is CCn1c(-c2cccnc2[C@H](C)OC)c2c3cc(ccc31)-c1nsc(n1)C[C@H](NC(=O)C(C(C)C)N(C)C(=O)[C@H]1CCN(C(=O)C#CCN3CCOCC3)C1)C(=O)N1CCC[C@H](N1)C(=O)OCC(C)(C)C2. The lowest BCUT2D eigenvalue weighted by Gasteiger charge is -2.36. The number of aromatic nitrogens is 4. The van der Waals surface area contributed by atoms with Gasteiger partial charge in [0.25, 0.3) is 11.8 Å². The molecule has 4 aliphatic rings. The monoisotopic (exact) mass is 992 g/mol. The van der Waals surface area contributed by atoms with E-state index in [1.165, 1.54) is 9.91 Å². The number of pyridine rings is 1. The summed E-state index contributed by atoms with van der Waals surface area (Å²) < 4.78 is 24.4. The van der Waals surface area contributed by atoms with Crippen molar-refractivity contribution in [1.82, 2.24) is 49.4 Å². The number of carbonyl (C=O) groups excluding carboxylic acids is 5. The van der Waals surface area contributed by atoms with Crippen LogP contribution in [0.5, 0.6) is 0 Å². The van der Waals surface area contributed by atoms with Crippen LogP contribution in [-0.2, 0) is 57.6 Å². The van der Waals surface area contributed by atoms with Crippen LogP contribution in [0.4, 0.5) is 0 Å². The minimum Gasteiger partial charge on any atom is -0.464 e. The number of hydrogen-bond acceptors (Lipinski definition) is 14. The van der Waals surface area contributed by atoms with Gasteiger partial charge in [-0.3, -0.25) is 38.9 Å². The first-order chi connectivity index (χ1) is 34.1. The number of cyclic esters (lactones) is 1. The second kappa shape index (κ2) is 22.3. The highest BCUT2D eigenvalue weighted by atomic mass is 32.1. The Morgan fingerprint density at radius 2 is 1.87 bits per heavy atom. The third-order valence-corrected chi connectivity index (χ3v) is 14.9. The minimum absolute atomic E-state index is 0.00376. The van der Waals surface area contributed by atoms with Gasteiger partial charge in [0.1, 0.15) is 23.1 Å². The van der Waals surface area contributed by atoms with Gasteiger partial charge in [0.15, 0.2) is 5.82 Å². The maximum absolute atomic E-state index is 14.7. The third kappa shape index (κ3) is 11.5. The largest absolute Gasteiger partial charge is 0.464 e. The fraction of sp³-hybridized carbons (Fsp3) is 0.577. The van der Waals surface area contributed by atoms with Gasteiger partial charge in [0.05, 0.1) is 49.8 Å². The number of nitrogens with one attached hydrogen (secondary N) is 2. The minimum atomic E-state index is -1.14. The van der Waals surface area contributed by atoms with E-state index in [1.807, 2.05) is 32.9 Å². The molecule has 7 heterocycles. The number of likely N-dealkylation sites (N-methyl/N-ethyl adjacent to an activating group) is 1. The predicted octanol–water partition coefficient (Wildman–Crippen LogP) is 4.26. The summed E-state index contributed by atoms with van der Waals surface area (Å²) in [4.78, 5) is 85.4. The standard InChI is InChI=1S/C52H68N10O8S/c1-9-61-41-17-16-34-27-37(41)38(46(61)36-13-10-19-53-44(36)33(4)68-8)29-52(5,6)31-70-51(67)39-14-11-21-62(56-39)50(66)40(28-42-55-47(34)57-71-42)54-48(64)45(32(2)3)58(7)49(65)35-18-22-60(30-35)43(63)15-12-20-59-23-25-69-26-24-59/h10,13,16-17,19,27,32-33,35,39-40,45,56H,9,11,14,18,20-26,28-31H2,1-8H3,(H,54,64)/t33-,35-,39-,40-,45?/m0/s1. The number of nitrogens with zero attached hydrogens (tertiary/aromatic N) is 8. The van der Waals surface area contributed by atoms with Crippen LogP contribution in [0.2, 0.25) is 0 Å². The molecule has 19 heteroatoms. The van der Waals surface area contributed by atoms with E-state index in [1.54, 1.807) is 25.3 Å². The van der Waals surface area contributed by atoms with Gasteiger partial charge in [0, 0.05) is 93.5 Å². The average molecular weight is 993 g/mol. The molecule has 8 rings (SSSR count). The van der Waals surface area contributed by atoms with Crippen molar-refractivity contribution in [2.45, 2.75) is 104 Å². The predicted molar refractivity (Wildman–Crippen MR) is 268 cm³/mol. The Hall–Kier alpha value is -5.78. The molecule has 0 spiro atoms. The third-order valence-electron chi connectivity index (χ3n) is 14.1. The molecule has 3 fully saturated rings. The molecule has 0 radical (unpaired) electrons. The van der Waals surface area contributed by atoms with Crippen molar-refractivity contribution < 1.29 is 38.2 Å². The van der Waals surface area contributed by atoms with E-state index in [4.69, 9.17) is 28.6 Å². The number of rotatable bonds is 10. The number of aryl methyl sites for hydroxylation is 1. The molecule has 3 aromatic heterocycles. The van der Waals surface area contributed by atoms with Crippen molar-refractivity contribution in [3.63, 3.8) is 0 Å². The summed E-state index contributed by atoms with van der Waals surface area (Å²) in [6, 6.07) is 7.32. The maximum Gasteiger partial charge on any atom is 0.324 e. The van der Waals surface area contributed by atoms with Gasteiger partial charge in [-0.05, 0) is 98.8 Å². The zero-order valence-corrected chi connectivity index (χ0v) is 43.1. The van der Waals surface area contributed by atoms with Crippen molar-refractivity contribution in [3.05, 3.63) is 52.8 Å². The van der Waals surface area contributed by atoms with Crippen molar-refractivity contribution in [2.75, 3.05) is 73.2 Å². The molecule has 3 saturated heterocycles. The zero-order valence-electron chi connectivity index (χ0n) is 42.3. The number of hydrazine groups is 1. The Morgan fingerprint density at radius 3 is 2.62 bits per heavy atom. The fourth-order valence-electron chi connectivity index (χ4n) is 10.3. The molecule has 4 aromatic rings. The molecule has 0 aliphatic carbocycles. The zero-order chi connectivity index (χ0) is 50.6. The van der Waals surface area contributed by atoms with E-state index in [9.17, 15) is 24.0 Å². The Labute approximate surface area is 420 Å². The summed E-state index contributed by atoms with van der Waals surface area (Å²) in [5.41, 5.74) is 8.26. The molecule has 71 heavy (non-hydrogen) atoms. The molecular formula is C52H68N10O8S. The lowest BCUT2D eigenvalue weighted by atomic mass is 9.84. The van der Waals surface area contributed by atoms with Crippen LogP contribution in [0.3, 0.4) is 0 Å². The number of morpholine rings is 1. The summed E-state index contributed by atoms with van der Waals surface area (Å²) in [6.07, 6.45) is 3.47. The Morgan fingerprint density at radius 1 is 1.08 bits per heavy atom. The normalized spacial score (nSPS) is 21.8. The van der Waals surface area contributed by atoms with Crippen LogP contribution in [0.1, 0.15) is 83.2 Å². The van der Waals surface area contributed by atoms with Crippen LogP contribution in [-0.4, -0.2) is 160 Å². The summed E-state index contributed by atoms with van der Waals surface area (Å²) in [5, 5.41) is 5.93. The van der Waals surface area contributed by atoms with Crippen LogP contribution in [0.15, 0.2) is 36.5 Å². The molecule has 1 unspecified atom stereocenters. The number of likely N-dealkylation sites (tertiary alicyclic amines) is 1. The van der Waals surface area contributed by atoms with Crippen LogP contribution >= 0.6 is 11.5 Å². The smallest absolute Gasteiger partial charge is 0.324 e. The van der Waals surface area contributed by atoms with Crippen LogP contribution < -0.4 is 10.7 Å². The lowest BCUT2D eigenvalue weighted by molar-refractivity contribution is -0.155. The number of amides is 4. The van der Waals surface area contributed by atoms with Gasteiger partial charge in [0.2, 0.25) is 11.8 Å². The second-order valence-electron chi connectivity index (χ2n) is 20.2. The van der Waals surface area contributed by atoms with Gasteiger partial charge in [-0.25, -0.2) is 10.4 Å². The van der Waals surface area contributed by atoms with Gasteiger partial charge in [-0.1, -0.05) is 33.6 Å². The van der Waals surface area contributed by atoms with Gasteiger partial charge in [-0.15, -0.1) is 0 Å². The maximum atomic E-state index is 14.7. The quantitative estimate of drug-likeness (QED) is 0.169. The van der Waals surface area contributed by atoms with Crippen molar-refractivity contribution in [1.29, 1.82) is 0 Å². The van der Waals surface area contributed by atoms with Crippen molar-refractivity contribution in [2.24, 2.45) is 17.3 Å². The van der Waals surface area contributed by atoms with E-state index < -0.39 is 47.2 Å². The molecule has 1 aromatic carbocycles. The summed E-state index contributed by atoms with van der Waals surface area (Å²) in [6.45, 7) is 16.9. The average Bonchev–Trinajstić information content (AvgIpc) is 4.13. The first kappa shape index (κ1) is 51.6. The van der Waals surface area contributed by atoms with Crippen LogP contribution in [0, 0.1) is 29.1 Å². The lowest BCUT2D eigenvalue weighted by Crippen LogP contribution is -2.62. The van der Waals surface area contributed by atoms with E-state index in [2.05, 4.69) is 71.0 Å². The summed E-state index contributed by atoms with van der Waals surface area (Å²) in [7, 11) is 3.28. The highest BCUT2D eigenvalue weighted by Gasteiger charge is 2.41. The fourth-order valence-corrected chi connectivity index (χ4v) is 11.0. The first-order valence-corrected chi connectivity index (χ1v) is 25.7.